The molecule has 0 fully saturated rings. The third-order valence-electron chi connectivity index (χ3n) is 3.13. The van der Waals surface area contributed by atoms with Crippen LogP contribution in [0.4, 0.5) is 0 Å². The summed E-state index contributed by atoms with van der Waals surface area (Å²) in [5, 5.41) is 18.3. The van der Waals surface area contributed by atoms with Gasteiger partial charge in [-0.1, -0.05) is 23.7 Å². The molecule has 0 radical (unpaired) electrons. The molecule has 0 amide bonds. The van der Waals surface area contributed by atoms with E-state index in [1.165, 1.54) is 7.11 Å². The highest BCUT2D eigenvalue weighted by Gasteiger charge is 2.07. The predicted molar refractivity (Wildman–Crippen MR) is 88.3 cm³/mol. The number of aromatic nitrogens is 2. The standard InChI is InChI=1S/C17H13ClN2O3/c1-22-15-7-5-11(9-14(15)21)6-8-16-19-20-17(23-16)12-3-2-4-13(18)10-12/h2-10,21H,1H3/b8-6+. The Kier molecular flexibility index (Phi) is 4.30. The summed E-state index contributed by atoms with van der Waals surface area (Å²) in [5.41, 5.74) is 1.54. The summed E-state index contributed by atoms with van der Waals surface area (Å²) < 4.78 is 10.6. The molecule has 3 aromatic rings. The Morgan fingerprint density at radius 1 is 1.13 bits per heavy atom. The molecule has 1 aromatic heterocycles. The van der Waals surface area contributed by atoms with Gasteiger partial charge in [0, 0.05) is 16.7 Å². The highest BCUT2D eigenvalue weighted by Crippen LogP contribution is 2.27. The number of hydrogen-bond acceptors (Lipinski definition) is 5. The number of rotatable bonds is 4. The number of phenolic OH excluding ortho intramolecular Hbond substituents is 1. The first-order chi connectivity index (χ1) is 11.2. The quantitative estimate of drug-likeness (QED) is 0.774. The molecule has 1 N–H and O–H groups in total. The van der Waals surface area contributed by atoms with Crippen LogP contribution in [0, 0.1) is 0 Å². The van der Waals surface area contributed by atoms with Gasteiger partial charge in [-0.15, -0.1) is 10.2 Å². The van der Waals surface area contributed by atoms with Gasteiger partial charge in [-0.2, -0.15) is 0 Å². The van der Waals surface area contributed by atoms with Gasteiger partial charge >= 0.3 is 0 Å². The van der Waals surface area contributed by atoms with Crippen molar-refractivity contribution < 1.29 is 14.3 Å². The summed E-state index contributed by atoms with van der Waals surface area (Å²) in [6, 6.07) is 12.3. The fraction of sp³-hybridized carbons (Fsp3) is 0.0588. The summed E-state index contributed by atoms with van der Waals surface area (Å²) in [6.07, 6.45) is 3.43. The van der Waals surface area contributed by atoms with Crippen molar-refractivity contribution in [2.75, 3.05) is 7.11 Å². The Hall–Kier alpha value is -2.79. The van der Waals surface area contributed by atoms with Crippen LogP contribution >= 0.6 is 11.6 Å². The monoisotopic (exact) mass is 328 g/mol. The smallest absolute Gasteiger partial charge is 0.248 e. The van der Waals surface area contributed by atoms with Crippen molar-refractivity contribution in [2.24, 2.45) is 0 Å². The van der Waals surface area contributed by atoms with E-state index in [1.807, 2.05) is 18.2 Å². The van der Waals surface area contributed by atoms with Crippen LogP contribution in [0.15, 0.2) is 46.9 Å². The van der Waals surface area contributed by atoms with Gasteiger partial charge in [-0.3, -0.25) is 0 Å². The maximum absolute atomic E-state index is 9.74. The van der Waals surface area contributed by atoms with Crippen molar-refractivity contribution in [2.45, 2.75) is 0 Å². The summed E-state index contributed by atoms with van der Waals surface area (Å²) in [7, 11) is 1.50. The number of phenols is 1. The molecule has 0 saturated heterocycles. The lowest BCUT2D eigenvalue weighted by Crippen LogP contribution is -1.83. The van der Waals surface area contributed by atoms with Gasteiger partial charge in [0.1, 0.15) is 0 Å². The number of halogens is 1. The minimum atomic E-state index is 0.0693. The zero-order valence-electron chi connectivity index (χ0n) is 12.2. The molecule has 0 bridgehead atoms. The first kappa shape index (κ1) is 15.1. The van der Waals surface area contributed by atoms with Crippen molar-refractivity contribution in [3.8, 4) is 23.0 Å². The number of nitrogens with zero attached hydrogens (tertiary/aromatic N) is 2. The summed E-state index contributed by atoms with van der Waals surface area (Å²) in [5.74, 6) is 1.24. The van der Waals surface area contributed by atoms with E-state index in [4.69, 9.17) is 20.8 Å². The largest absolute Gasteiger partial charge is 0.504 e. The van der Waals surface area contributed by atoms with Crippen molar-refractivity contribution in [3.05, 3.63) is 58.9 Å². The van der Waals surface area contributed by atoms with E-state index >= 15 is 0 Å². The molecular formula is C17H13ClN2O3. The van der Waals surface area contributed by atoms with Gasteiger partial charge in [-0.25, -0.2) is 0 Å². The number of benzene rings is 2. The second-order valence-electron chi connectivity index (χ2n) is 4.72. The molecule has 2 aromatic carbocycles. The fourth-order valence-electron chi connectivity index (χ4n) is 2.02. The number of hydrogen-bond donors (Lipinski definition) is 1. The third kappa shape index (κ3) is 3.52. The minimum absolute atomic E-state index is 0.0693. The average molecular weight is 329 g/mol. The lowest BCUT2D eigenvalue weighted by atomic mass is 10.2. The molecule has 1 heterocycles. The van der Waals surface area contributed by atoms with E-state index in [1.54, 1.807) is 36.4 Å². The fourth-order valence-corrected chi connectivity index (χ4v) is 2.21. The predicted octanol–water partition coefficient (Wildman–Crippen LogP) is 4.27. The molecule has 0 atom stereocenters. The Bertz CT molecular complexity index is 859. The zero-order chi connectivity index (χ0) is 16.2. The molecule has 0 unspecified atom stereocenters. The van der Waals surface area contributed by atoms with Gasteiger partial charge in [-0.05, 0) is 42.0 Å². The van der Waals surface area contributed by atoms with Crippen molar-refractivity contribution in [3.63, 3.8) is 0 Å². The van der Waals surface area contributed by atoms with Crippen molar-refractivity contribution >= 4 is 23.8 Å². The summed E-state index contributed by atoms with van der Waals surface area (Å²) in [6.45, 7) is 0. The highest BCUT2D eigenvalue weighted by atomic mass is 35.5. The zero-order valence-corrected chi connectivity index (χ0v) is 13.0. The second kappa shape index (κ2) is 6.54. The van der Waals surface area contributed by atoms with Crippen LogP contribution in [0.1, 0.15) is 11.5 Å². The topological polar surface area (TPSA) is 68.4 Å². The summed E-state index contributed by atoms with van der Waals surface area (Å²) >= 11 is 5.94. The number of aromatic hydroxyl groups is 1. The normalized spacial score (nSPS) is 11.0. The third-order valence-corrected chi connectivity index (χ3v) is 3.37. The van der Waals surface area contributed by atoms with E-state index in [-0.39, 0.29) is 5.75 Å². The van der Waals surface area contributed by atoms with Gasteiger partial charge in [0.25, 0.3) is 0 Å². The average Bonchev–Trinajstić information content (AvgIpc) is 3.02. The Morgan fingerprint density at radius 2 is 2.00 bits per heavy atom. The molecule has 116 valence electrons. The van der Waals surface area contributed by atoms with Crippen LogP contribution < -0.4 is 4.74 Å². The Morgan fingerprint density at radius 3 is 2.74 bits per heavy atom. The highest BCUT2D eigenvalue weighted by molar-refractivity contribution is 6.30. The number of methoxy groups -OCH3 is 1. The molecule has 6 heteroatoms. The van der Waals surface area contributed by atoms with E-state index in [0.29, 0.717) is 22.6 Å². The molecule has 3 rings (SSSR count). The molecule has 0 spiro atoms. The number of ether oxygens (including phenoxy) is 1. The summed E-state index contributed by atoms with van der Waals surface area (Å²) in [4.78, 5) is 0. The Balaban J connectivity index is 1.80. The second-order valence-corrected chi connectivity index (χ2v) is 5.16. The van der Waals surface area contributed by atoms with Crippen LogP contribution in [-0.4, -0.2) is 22.4 Å². The van der Waals surface area contributed by atoms with Crippen LogP contribution in [0.3, 0.4) is 0 Å². The maximum atomic E-state index is 9.74. The van der Waals surface area contributed by atoms with Crippen LogP contribution in [-0.2, 0) is 0 Å². The van der Waals surface area contributed by atoms with Gasteiger partial charge < -0.3 is 14.3 Å². The van der Waals surface area contributed by atoms with E-state index < -0.39 is 0 Å². The first-order valence-corrected chi connectivity index (χ1v) is 7.18. The van der Waals surface area contributed by atoms with Crippen LogP contribution in [0.2, 0.25) is 5.02 Å². The molecule has 0 saturated carbocycles. The molecule has 0 aliphatic carbocycles. The van der Waals surface area contributed by atoms with Crippen LogP contribution in [0.5, 0.6) is 11.5 Å². The molecular weight excluding hydrogens is 316 g/mol. The van der Waals surface area contributed by atoms with E-state index in [0.717, 1.165) is 11.1 Å². The lowest BCUT2D eigenvalue weighted by molar-refractivity contribution is 0.373. The van der Waals surface area contributed by atoms with E-state index in [9.17, 15) is 5.11 Å². The van der Waals surface area contributed by atoms with Gasteiger partial charge in [0.15, 0.2) is 11.5 Å². The van der Waals surface area contributed by atoms with Crippen molar-refractivity contribution in [1.82, 2.24) is 10.2 Å². The maximum Gasteiger partial charge on any atom is 0.248 e. The van der Waals surface area contributed by atoms with E-state index in [2.05, 4.69) is 10.2 Å². The lowest BCUT2D eigenvalue weighted by Gasteiger charge is -2.02. The Labute approximate surface area is 137 Å². The van der Waals surface area contributed by atoms with Gasteiger partial charge in [0.2, 0.25) is 11.8 Å². The van der Waals surface area contributed by atoms with Crippen molar-refractivity contribution in [1.29, 1.82) is 0 Å². The first-order valence-electron chi connectivity index (χ1n) is 6.80. The molecule has 5 nitrogen and oxygen atoms in total. The van der Waals surface area contributed by atoms with Gasteiger partial charge in [0.05, 0.1) is 7.11 Å². The minimum Gasteiger partial charge on any atom is -0.504 e. The molecule has 0 aliphatic rings. The van der Waals surface area contributed by atoms with Crippen LogP contribution in [0.25, 0.3) is 23.6 Å². The molecule has 0 aliphatic heterocycles. The molecule has 23 heavy (non-hydrogen) atoms. The SMILES string of the molecule is COc1ccc(/C=C/c2nnc(-c3cccc(Cl)c3)o2)cc1O.